The Morgan fingerprint density at radius 1 is 1.31 bits per heavy atom. The van der Waals surface area contributed by atoms with E-state index in [2.05, 4.69) is 61.0 Å². The van der Waals surface area contributed by atoms with Crippen LogP contribution in [0.1, 0.15) is 26.3 Å². The van der Waals surface area contributed by atoms with Gasteiger partial charge in [0.05, 0.1) is 0 Å². The molecule has 1 rings (SSSR count). The van der Waals surface area contributed by atoms with E-state index in [4.69, 9.17) is 0 Å². The van der Waals surface area contributed by atoms with E-state index < -0.39 is 0 Å². The van der Waals surface area contributed by atoms with Crippen molar-refractivity contribution in [1.29, 1.82) is 0 Å². The Morgan fingerprint density at radius 2 is 1.92 bits per heavy atom. The molecule has 0 nitrogen and oxygen atoms in total. The number of halogens is 1. The fourth-order valence-corrected chi connectivity index (χ4v) is 1.97. The van der Waals surface area contributed by atoms with Crippen molar-refractivity contribution in [3.8, 4) is 0 Å². The molecule has 0 N–H and O–H groups in total. The predicted octanol–water partition coefficient (Wildman–Crippen LogP) is 4.51. The lowest BCUT2D eigenvalue weighted by atomic mass is 10.0. The van der Waals surface area contributed by atoms with Crippen LogP contribution in [-0.4, -0.2) is 0 Å². The van der Waals surface area contributed by atoms with Crippen LogP contribution in [0.4, 0.5) is 0 Å². The Kier molecular flexibility index (Phi) is 3.73. The molecule has 13 heavy (non-hydrogen) atoms. The van der Waals surface area contributed by atoms with Gasteiger partial charge < -0.3 is 0 Å². The maximum absolute atomic E-state index is 3.55. The molecule has 0 fully saturated rings. The number of allylic oxidation sites excluding steroid dienone is 2. The third kappa shape index (κ3) is 3.00. The molecule has 0 aliphatic carbocycles. The van der Waals surface area contributed by atoms with Crippen LogP contribution in [-0.2, 0) is 0 Å². The Bertz CT molecular complexity index is 311. The maximum atomic E-state index is 3.55. The lowest BCUT2D eigenvalue weighted by Gasteiger charge is -2.05. The highest BCUT2D eigenvalue weighted by molar-refractivity contribution is 9.10. The van der Waals surface area contributed by atoms with Gasteiger partial charge in [-0.05, 0) is 30.0 Å². The highest BCUT2D eigenvalue weighted by atomic mass is 79.9. The van der Waals surface area contributed by atoms with E-state index in [1.807, 2.05) is 6.07 Å². The molecule has 0 saturated heterocycles. The van der Waals surface area contributed by atoms with E-state index in [1.165, 1.54) is 15.6 Å². The molecule has 0 aromatic heterocycles. The highest BCUT2D eigenvalue weighted by Crippen LogP contribution is 2.24. The van der Waals surface area contributed by atoms with Gasteiger partial charge in [0.2, 0.25) is 0 Å². The van der Waals surface area contributed by atoms with Crippen molar-refractivity contribution in [3.63, 3.8) is 0 Å². The summed E-state index contributed by atoms with van der Waals surface area (Å²) < 4.78 is 1.17. The summed E-state index contributed by atoms with van der Waals surface area (Å²) in [6.45, 7) is 6.54. The van der Waals surface area contributed by atoms with Crippen molar-refractivity contribution < 1.29 is 0 Å². The van der Waals surface area contributed by atoms with Crippen molar-refractivity contribution in [1.82, 2.24) is 0 Å². The molecule has 0 unspecified atom stereocenters. The van der Waals surface area contributed by atoms with Crippen LogP contribution in [0.3, 0.4) is 0 Å². The van der Waals surface area contributed by atoms with E-state index in [0.717, 1.165) is 0 Å². The van der Waals surface area contributed by atoms with Gasteiger partial charge in [-0.2, -0.15) is 0 Å². The quantitative estimate of drug-likeness (QED) is 0.712. The van der Waals surface area contributed by atoms with E-state index in [-0.39, 0.29) is 0 Å². The largest absolute Gasteiger partial charge is 0.0784 e. The molecule has 0 spiro atoms. The zero-order valence-corrected chi connectivity index (χ0v) is 9.93. The predicted molar refractivity (Wildman–Crippen MR) is 62.6 cm³/mol. The van der Waals surface area contributed by atoms with Gasteiger partial charge in [-0.25, -0.2) is 0 Å². The van der Waals surface area contributed by atoms with Crippen molar-refractivity contribution in [2.45, 2.75) is 20.8 Å². The summed E-state index contributed by atoms with van der Waals surface area (Å²) in [7, 11) is 0. The Morgan fingerprint density at radius 3 is 2.46 bits per heavy atom. The van der Waals surface area contributed by atoms with Crippen molar-refractivity contribution in [2.75, 3.05) is 0 Å². The van der Waals surface area contributed by atoms with E-state index in [9.17, 15) is 0 Å². The van der Waals surface area contributed by atoms with Gasteiger partial charge in [-0.3, -0.25) is 0 Å². The van der Waals surface area contributed by atoms with E-state index in [1.54, 1.807) is 0 Å². The first-order valence-corrected chi connectivity index (χ1v) is 5.34. The van der Waals surface area contributed by atoms with Crippen LogP contribution >= 0.6 is 15.9 Å². The summed E-state index contributed by atoms with van der Waals surface area (Å²) in [5, 5.41) is 0. The first-order valence-electron chi connectivity index (χ1n) is 4.54. The molecule has 0 bridgehead atoms. The first-order chi connectivity index (χ1) is 6.11. The molecule has 0 saturated carbocycles. The Hall–Kier alpha value is -0.560. The molecule has 70 valence electrons. The SMILES string of the molecule is C/C(=C/C(C)C)c1ccccc1Br. The third-order valence-electron chi connectivity index (χ3n) is 1.88. The molecular formula is C12H15Br. The van der Waals surface area contributed by atoms with Crippen LogP contribution in [0.5, 0.6) is 0 Å². The molecule has 0 radical (unpaired) electrons. The molecule has 0 heterocycles. The second-order valence-corrected chi connectivity index (χ2v) is 4.43. The van der Waals surface area contributed by atoms with Gasteiger partial charge in [-0.15, -0.1) is 0 Å². The fraction of sp³-hybridized carbons (Fsp3) is 0.333. The van der Waals surface area contributed by atoms with E-state index in [0.29, 0.717) is 5.92 Å². The zero-order chi connectivity index (χ0) is 9.84. The average Bonchev–Trinajstić information content (AvgIpc) is 2.03. The van der Waals surface area contributed by atoms with E-state index >= 15 is 0 Å². The minimum Gasteiger partial charge on any atom is -0.0784 e. The molecule has 0 amide bonds. The van der Waals surface area contributed by atoms with Gasteiger partial charge in [0.1, 0.15) is 0 Å². The smallest absolute Gasteiger partial charge is 0.0250 e. The molecular weight excluding hydrogens is 224 g/mol. The van der Waals surface area contributed by atoms with Gasteiger partial charge in [0.25, 0.3) is 0 Å². The summed E-state index contributed by atoms with van der Waals surface area (Å²) >= 11 is 3.55. The summed E-state index contributed by atoms with van der Waals surface area (Å²) in [5.41, 5.74) is 2.62. The summed E-state index contributed by atoms with van der Waals surface area (Å²) in [4.78, 5) is 0. The second kappa shape index (κ2) is 4.61. The first kappa shape index (κ1) is 10.5. The normalized spacial score (nSPS) is 12.2. The standard InChI is InChI=1S/C12H15Br/c1-9(2)8-10(3)11-6-4-5-7-12(11)13/h4-9H,1-3H3/b10-8-. The van der Waals surface area contributed by atoms with Crippen LogP contribution in [0.2, 0.25) is 0 Å². The minimum atomic E-state index is 0.604. The molecule has 1 aromatic carbocycles. The monoisotopic (exact) mass is 238 g/mol. The van der Waals surface area contributed by atoms with Crippen molar-refractivity contribution in [2.24, 2.45) is 5.92 Å². The molecule has 0 aliphatic rings. The fourth-order valence-electron chi connectivity index (χ4n) is 1.37. The zero-order valence-electron chi connectivity index (χ0n) is 8.34. The average molecular weight is 239 g/mol. The molecule has 0 aliphatic heterocycles. The summed E-state index contributed by atoms with van der Waals surface area (Å²) in [6.07, 6.45) is 2.28. The lowest BCUT2D eigenvalue weighted by molar-refractivity contribution is 0.833. The summed E-state index contributed by atoms with van der Waals surface area (Å²) in [6, 6.07) is 8.32. The van der Waals surface area contributed by atoms with Gasteiger partial charge in [0, 0.05) is 4.47 Å². The third-order valence-corrected chi connectivity index (χ3v) is 2.57. The minimum absolute atomic E-state index is 0.604. The molecule has 1 aromatic rings. The van der Waals surface area contributed by atoms with Gasteiger partial charge in [0.15, 0.2) is 0 Å². The van der Waals surface area contributed by atoms with Crippen LogP contribution in [0.25, 0.3) is 5.57 Å². The number of hydrogen-bond donors (Lipinski definition) is 0. The molecule has 0 atom stereocenters. The number of hydrogen-bond acceptors (Lipinski definition) is 0. The van der Waals surface area contributed by atoms with Crippen LogP contribution < -0.4 is 0 Å². The topological polar surface area (TPSA) is 0 Å². The van der Waals surface area contributed by atoms with Gasteiger partial charge in [-0.1, -0.05) is 54.1 Å². The Labute approximate surface area is 88.8 Å². The Balaban J connectivity index is 3.02. The highest BCUT2D eigenvalue weighted by Gasteiger charge is 2.00. The number of benzene rings is 1. The summed E-state index contributed by atoms with van der Waals surface area (Å²) in [5.74, 6) is 0.604. The second-order valence-electron chi connectivity index (χ2n) is 3.57. The number of rotatable bonds is 2. The van der Waals surface area contributed by atoms with Crippen LogP contribution in [0.15, 0.2) is 34.8 Å². The maximum Gasteiger partial charge on any atom is 0.0250 e. The van der Waals surface area contributed by atoms with Gasteiger partial charge >= 0.3 is 0 Å². The van der Waals surface area contributed by atoms with Crippen molar-refractivity contribution in [3.05, 3.63) is 40.4 Å². The molecule has 1 heteroatoms. The lowest BCUT2D eigenvalue weighted by Crippen LogP contribution is -1.85. The van der Waals surface area contributed by atoms with Crippen LogP contribution in [0, 0.1) is 5.92 Å². The van der Waals surface area contributed by atoms with Crippen molar-refractivity contribution >= 4 is 21.5 Å².